The maximum Gasteiger partial charge on any atom is 0.254 e. The lowest BCUT2D eigenvalue weighted by atomic mass is 9.99. The summed E-state index contributed by atoms with van der Waals surface area (Å²) >= 11 is 0. The van der Waals surface area contributed by atoms with Gasteiger partial charge in [0.15, 0.2) is 11.5 Å². The van der Waals surface area contributed by atoms with Crippen LogP contribution in [0.1, 0.15) is 23.2 Å². The van der Waals surface area contributed by atoms with E-state index in [0.29, 0.717) is 75.1 Å². The molecular weight excluding hydrogens is 352 g/mol. The van der Waals surface area contributed by atoms with Crippen LogP contribution in [0.4, 0.5) is 5.69 Å². The maximum atomic E-state index is 12.9. The highest BCUT2D eigenvalue weighted by atomic mass is 16.5. The van der Waals surface area contributed by atoms with Crippen molar-refractivity contribution in [2.45, 2.75) is 12.8 Å². The van der Waals surface area contributed by atoms with Crippen molar-refractivity contribution >= 4 is 17.5 Å². The zero-order valence-electron chi connectivity index (χ0n) is 15.8. The predicted molar refractivity (Wildman–Crippen MR) is 98.4 cm³/mol. The van der Waals surface area contributed by atoms with Crippen molar-refractivity contribution in [2.24, 2.45) is 5.92 Å². The molecule has 0 spiro atoms. The fourth-order valence-corrected chi connectivity index (χ4v) is 3.32. The first-order chi connectivity index (χ1) is 13.1. The first kappa shape index (κ1) is 19.4. The third kappa shape index (κ3) is 4.51. The third-order valence-electron chi connectivity index (χ3n) is 4.87. The van der Waals surface area contributed by atoms with Gasteiger partial charge in [0.25, 0.3) is 5.91 Å². The Morgan fingerprint density at radius 1 is 1.04 bits per heavy atom. The lowest BCUT2D eigenvalue weighted by Crippen LogP contribution is -2.40. The number of nitrogens with zero attached hydrogens (tertiary/aromatic N) is 1. The largest absolute Gasteiger partial charge is 0.493 e. The van der Waals surface area contributed by atoms with Crippen molar-refractivity contribution in [2.75, 3.05) is 59.1 Å². The van der Waals surface area contributed by atoms with Crippen LogP contribution in [0.5, 0.6) is 11.5 Å². The molecule has 148 valence electrons. The molecule has 2 amide bonds. The van der Waals surface area contributed by atoms with Crippen LogP contribution >= 0.6 is 0 Å². The van der Waals surface area contributed by atoms with Gasteiger partial charge in [-0.1, -0.05) is 0 Å². The number of ether oxygens (including phenoxy) is 4. The van der Waals surface area contributed by atoms with E-state index in [2.05, 4.69) is 5.32 Å². The van der Waals surface area contributed by atoms with E-state index in [1.54, 1.807) is 17.0 Å². The normalized spacial score (nSPS) is 18.1. The number of benzene rings is 1. The van der Waals surface area contributed by atoms with Crippen LogP contribution in [0.15, 0.2) is 12.1 Å². The molecule has 2 fully saturated rings. The molecule has 8 nitrogen and oxygen atoms in total. The zero-order chi connectivity index (χ0) is 19.2. The minimum atomic E-state index is -0.124. The van der Waals surface area contributed by atoms with E-state index in [4.69, 9.17) is 18.9 Å². The topological polar surface area (TPSA) is 86.3 Å². The molecule has 2 aliphatic rings. The second kappa shape index (κ2) is 9.05. The zero-order valence-corrected chi connectivity index (χ0v) is 15.8. The van der Waals surface area contributed by atoms with Crippen molar-refractivity contribution in [1.82, 2.24) is 4.90 Å². The van der Waals surface area contributed by atoms with Gasteiger partial charge in [0.05, 0.1) is 33.1 Å². The highest BCUT2D eigenvalue weighted by molar-refractivity contribution is 6.00. The first-order valence-electron chi connectivity index (χ1n) is 9.15. The number of nitrogens with one attached hydrogen (secondary N) is 1. The van der Waals surface area contributed by atoms with Crippen LogP contribution in [0, 0.1) is 5.92 Å². The minimum Gasteiger partial charge on any atom is -0.493 e. The Hall–Kier alpha value is -2.32. The van der Waals surface area contributed by atoms with Gasteiger partial charge in [-0.2, -0.15) is 0 Å². The number of hydrogen-bond donors (Lipinski definition) is 1. The van der Waals surface area contributed by atoms with E-state index in [1.807, 2.05) is 0 Å². The highest BCUT2D eigenvalue weighted by Gasteiger charge is 2.26. The molecule has 0 bridgehead atoms. The number of carbonyl (C=O) groups is 2. The standard InChI is InChI=1S/C19H26N2O6/c1-24-16-12-14(19(23)21-5-9-27-10-6-21)11-15(17(16)25-2)20-18(22)13-3-7-26-8-4-13/h11-13H,3-10H2,1-2H3,(H,20,22). The Morgan fingerprint density at radius 3 is 2.33 bits per heavy atom. The molecule has 1 aromatic carbocycles. The molecule has 0 saturated carbocycles. The molecule has 0 unspecified atom stereocenters. The predicted octanol–water partition coefficient (Wildman–Crippen LogP) is 1.54. The second-order valence-electron chi connectivity index (χ2n) is 6.54. The van der Waals surface area contributed by atoms with Gasteiger partial charge in [0, 0.05) is 37.8 Å². The van der Waals surface area contributed by atoms with Gasteiger partial charge in [0.1, 0.15) is 0 Å². The third-order valence-corrected chi connectivity index (χ3v) is 4.87. The van der Waals surface area contributed by atoms with E-state index >= 15 is 0 Å². The monoisotopic (exact) mass is 378 g/mol. The first-order valence-corrected chi connectivity index (χ1v) is 9.15. The molecule has 27 heavy (non-hydrogen) atoms. The van der Waals surface area contributed by atoms with E-state index in [0.717, 1.165) is 0 Å². The fourth-order valence-electron chi connectivity index (χ4n) is 3.32. The average Bonchev–Trinajstić information content (AvgIpc) is 2.73. The van der Waals surface area contributed by atoms with Crippen molar-refractivity contribution in [3.05, 3.63) is 17.7 Å². The average molecular weight is 378 g/mol. The van der Waals surface area contributed by atoms with Gasteiger partial charge in [0.2, 0.25) is 5.91 Å². The van der Waals surface area contributed by atoms with Crippen LogP contribution < -0.4 is 14.8 Å². The van der Waals surface area contributed by atoms with Gasteiger partial charge in [-0.3, -0.25) is 9.59 Å². The number of morpholine rings is 1. The Bertz CT molecular complexity index is 681. The number of amides is 2. The molecule has 8 heteroatoms. The molecule has 0 atom stereocenters. The Morgan fingerprint density at radius 2 is 1.70 bits per heavy atom. The summed E-state index contributed by atoms with van der Waals surface area (Å²) in [4.78, 5) is 27.2. The number of rotatable bonds is 5. The van der Waals surface area contributed by atoms with E-state index in [1.165, 1.54) is 14.2 Å². The lowest BCUT2D eigenvalue weighted by Gasteiger charge is -2.27. The van der Waals surface area contributed by atoms with E-state index in [9.17, 15) is 9.59 Å². The molecule has 0 aromatic heterocycles. The van der Waals surface area contributed by atoms with Crippen LogP contribution in [0.25, 0.3) is 0 Å². The molecule has 2 heterocycles. The van der Waals surface area contributed by atoms with E-state index < -0.39 is 0 Å². The highest BCUT2D eigenvalue weighted by Crippen LogP contribution is 2.37. The van der Waals surface area contributed by atoms with Crippen LogP contribution in [-0.4, -0.2) is 70.5 Å². The Balaban J connectivity index is 1.86. The van der Waals surface area contributed by atoms with Crippen molar-refractivity contribution < 1.29 is 28.5 Å². The number of carbonyl (C=O) groups excluding carboxylic acids is 2. The van der Waals surface area contributed by atoms with E-state index in [-0.39, 0.29) is 17.7 Å². The smallest absolute Gasteiger partial charge is 0.254 e. The molecular formula is C19H26N2O6. The lowest BCUT2D eigenvalue weighted by molar-refractivity contribution is -0.122. The Kier molecular flexibility index (Phi) is 6.52. The van der Waals surface area contributed by atoms with Gasteiger partial charge >= 0.3 is 0 Å². The number of hydrogen-bond acceptors (Lipinski definition) is 6. The summed E-state index contributed by atoms with van der Waals surface area (Å²) in [5.74, 6) is 0.457. The van der Waals surface area contributed by atoms with Gasteiger partial charge in [-0.25, -0.2) is 0 Å². The van der Waals surface area contributed by atoms with Crippen LogP contribution in [0.3, 0.4) is 0 Å². The Labute approximate surface area is 158 Å². The SMILES string of the molecule is COc1cc(C(=O)N2CCOCC2)cc(NC(=O)C2CCOCC2)c1OC. The van der Waals surface area contributed by atoms with Crippen molar-refractivity contribution in [1.29, 1.82) is 0 Å². The summed E-state index contributed by atoms with van der Waals surface area (Å²) in [6.45, 7) is 3.27. The summed E-state index contributed by atoms with van der Waals surface area (Å²) < 4.78 is 21.4. The van der Waals surface area contributed by atoms with Gasteiger partial charge in [-0.05, 0) is 25.0 Å². The number of anilines is 1. The quantitative estimate of drug-likeness (QED) is 0.837. The van der Waals surface area contributed by atoms with Crippen molar-refractivity contribution in [3.63, 3.8) is 0 Å². The summed E-state index contributed by atoms with van der Waals surface area (Å²) in [5.41, 5.74) is 0.877. The molecule has 2 aliphatic heterocycles. The molecule has 2 saturated heterocycles. The molecule has 0 radical (unpaired) electrons. The van der Waals surface area contributed by atoms with Gasteiger partial charge in [-0.15, -0.1) is 0 Å². The molecule has 1 aromatic rings. The van der Waals surface area contributed by atoms with Gasteiger partial charge < -0.3 is 29.2 Å². The fraction of sp³-hybridized carbons (Fsp3) is 0.579. The number of methoxy groups -OCH3 is 2. The summed E-state index contributed by atoms with van der Waals surface area (Å²) in [6, 6.07) is 3.29. The van der Waals surface area contributed by atoms with Crippen LogP contribution in [0.2, 0.25) is 0 Å². The summed E-state index contributed by atoms with van der Waals surface area (Å²) in [5, 5.41) is 2.91. The maximum absolute atomic E-state index is 12.9. The second-order valence-corrected chi connectivity index (χ2v) is 6.54. The molecule has 3 rings (SSSR count). The summed E-state index contributed by atoms with van der Waals surface area (Å²) in [7, 11) is 3.01. The van der Waals surface area contributed by atoms with Crippen molar-refractivity contribution in [3.8, 4) is 11.5 Å². The summed E-state index contributed by atoms with van der Waals surface area (Å²) in [6.07, 6.45) is 1.36. The minimum absolute atomic E-state index is 0.102. The van der Waals surface area contributed by atoms with Crippen LogP contribution in [-0.2, 0) is 14.3 Å². The molecule has 1 N–H and O–H groups in total. The molecule has 0 aliphatic carbocycles.